The standard InChI is InChI=1S/C11H13N3O2S2/c1-8-11(6-12-13-8)18(15,16)14-4-2-10-9(7-14)3-5-17-10/h3,5-6H,2,4,7H2,1H3,(H,12,13). The number of nitrogens with one attached hydrogen (secondary N) is 1. The lowest BCUT2D eigenvalue weighted by molar-refractivity contribution is 0.394. The summed E-state index contributed by atoms with van der Waals surface area (Å²) < 4.78 is 26.5. The van der Waals surface area contributed by atoms with Crippen LogP contribution < -0.4 is 0 Å². The van der Waals surface area contributed by atoms with Gasteiger partial charge in [0.25, 0.3) is 0 Å². The summed E-state index contributed by atoms with van der Waals surface area (Å²) in [5.41, 5.74) is 1.71. The van der Waals surface area contributed by atoms with Crippen molar-refractivity contribution in [3.63, 3.8) is 0 Å². The average molecular weight is 283 g/mol. The van der Waals surface area contributed by atoms with Crippen LogP contribution in [0.15, 0.2) is 22.5 Å². The first-order chi connectivity index (χ1) is 8.59. The van der Waals surface area contributed by atoms with Gasteiger partial charge in [0.15, 0.2) is 0 Å². The maximum atomic E-state index is 12.5. The summed E-state index contributed by atoms with van der Waals surface area (Å²) in [6, 6.07) is 2.00. The fraction of sp³-hybridized carbons (Fsp3) is 0.364. The molecule has 0 aliphatic carbocycles. The fourth-order valence-corrected chi connectivity index (χ4v) is 4.59. The third-order valence-corrected chi connectivity index (χ3v) is 6.16. The van der Waals surface area contributed by atoms with Crippen LogP contribution in [0.2, 0.25) is 0 Å². The first-order valence-corrected chi connectivity index (χ1v) is 7.96. The molecule has 2 aromatic heterocycles. The minimum Gasteiger partial charge on any atom is -0.281 e. The number of H-pyrrole nitrogens is 1. The van der Waals surface area contributed by atoms with Crippen molar-refractivity contribution in [1.29, 1.82) is 0 Å². The number of hydrogen-bond donors (Lipinski definition) is 1. The molecule has 18 heavy (non-hydrogen) atoms. The van der Waals surface area contributed by atoms with Gasteiger partial charge >= 0.3 is 0 Å². The van der Waals surface area contributed by atoms with Crippen LogP contribution in [0, 0.1) is 6.92 Å². The number of aromatic amines is 1. The predicted molar refractivity (Wildman–Crippen MR) is 68.9 cm³/mol. The second-order valence-electron chi connectivity index (χ2n) is 4.32. The number of rotatable bonds is 2. The zero-order chi connectivity index (χ0) is 12.8. The van der Waals surface area contributed by atoms with Gasteiger partial charge in [0.2, 0.25) is 10.0 Å². The minimum atomic E-state index is -3.43. The molecule has 0 radical (unpaired) electrons. The molecule has 0 unspecified atom stereocenters. The van der Waals surface area contributed by atoms with Crippen molar-refractivity contribution in [1.82, 2.24) is 14.5 Å². The van der Waals surface area contributed by atoms with Crippen LogP contribution in [-0.4, -0.2) is 29.5 Å². The number of aryl methyl sites for hydroxylation is 1. The highest BCUT2D eigenvalue weighted by atomic mass is 32.2. The molecule has 1 aliphatic rings. The molecule has 0 saturated carbocycles. The topological polar surface area (TPSA) is 66.1 Å². The van der Waals surface area contributed by atoms with E-state index in [0.29, 0.717) is 18.8 Å². The Bertz CT molecular complexity index is 672. The molecule has 0 fully saturated rings. The Hall–Kier alpha value is -1.18. The van der Waals surface area contributed by atoms with Crippen LogP contribution in [0.4, 0.5) is 0 Å². The van der Waals surface area contributed by atoms with Crippen LogP contribution in [0.5, 0.6) is 0 Å². The quantitative estimate of drug-likeness (QED) is 0.909. The molecule has 96 valence electrons. The molecule has 0 atom stereocenters. The first kappa shape index (κ1) is 11.9. The lowest BCUT2D eigenvalue weighted by Crippen LogP contribution is -2.35. The molecular weight excluding hydrogens is 270 g/mol. The molecule has 0 bridgehead atoms. The van der Waals surface area contributed by atoms with E-state index in [2.05, 4.69) is 10.2 Å². The van der Waals surface area contributed by atoms with Gasteiger partial charge in [-0.15, -0.1) is 11.3 Å². The molecule has 7 heteroatoms. The average Bonchev–Trinajstić information content (AvgIpc) is 2.95. The Kier molecular flexibility index (Phi) is 2.76. The van der Waals surface area contributed by atoms with Crippen molar-refractivity contribution < 1.29 is 8.42 Å². The summed E-state index contributed by atoms with van der Waals surface area (Å²) in [4.78, 5) is 1.58. The minimum absolute atomic E-state index is 0.279. The maximum absolute atomic E-state index is 12.5. The SMILES string of the molecule is Cc1[nH]ncc1S(=O)(=O)N1CCc2sccc2C1. The van der Waals surface area contributed by atoms with Crippen LogP contribution in [0.25, 0.3) is 0 Å². The van der Waals surface area contributed by atoms with E-state index in [9.17, 15) is 8.42 Å². The van der Waals surface area contributed by atoms with E-state index in [0.717, 1.165) is 12.0 Å². The van der Waals surface area contributed by atoms with Crippen molar-refractivity contribution in [3.8, 4) is 0 Å². The van der Waals surface area contributed by atoms with Crippen LogP contribution in [-0.2, 0) is 23.0 Å². The first-order valence-electron chi connectivity index (χ1n) is 5.64. The summed E-state index contributed by atoms with van der Waals surface area (Å²) in [6.45, 7) is 2.73. The summed E-state index contributed by atoms with van der Waals surface area (Å²) in [7, 11) is -3.43. The number of thiophene rings is 1. The molecule has 1 N–H and O–H groups in total. The molecule has 0 saturated heterocycles. The van der Waals surface area contributed by atoms with Gasteiger partial charge in [0.1, 0.15) is 4.90 Å². The highest BCUT2D eigenvalue weighted by Crippen LogP contribution is 2.28. The Labute approximate surface area is 110 Å². The van der Waals surface area contributed by atoms with Gasteiger partial charge in [-0.25, -0.2) is 8.42 Å². The molecule has 0 aromatic carbocycles. The van der Waals surface area contributed by atoms with Gasteiger partial charge in [-0.2, -0.15) is 9.40 Å². The Morgan fingerprint density at radius 2 is 2.33 bits per heavy atom. The molecule has 0 spiro atoms. The van der Waals surface area contributed by atoms with Gasteiger partial charge in [-0.3, -0.25) is 5.10 Å². The monoisotopic (exact) mass is 283 g/mol. The fourth-order valence-electron chi connectivity index (χ4n) is 2.17. The maximum Gasteiger partial charge on any atom is 0.246 e. The van der Waals surface area contributed by atoms with Crippen molar-refractivity contribution in [3.05, 3.63) is 33.8 Å². The van der Waals surface area contributed by atoms with Gasteiger partial charge in [-0.1, -0.05) is 0 Å². The van der Waals surface area contributed by atoms with Gasteiger partial charge in [0, 0.05) is 18.0 Å². The normalized spacial score (nSPS) is 16.7. The molecular formula is C11H13N3O2S2. The largest absolute Gasteiger partial charge is 0.281 e. The van der Waals surface area contributed by atoms with Gasteiger partial charge in [0.05, 0.1) is 11.9 Å². The Morgan fingerprint density at radius 3 is 3.06 bits per heavy atom. The van der Waals surface area contributed by atoms with Crippen molar-refractivity contribution in [2.24, 2.45) is 0 Å². The highest BCUT2D eigenvalue weighted by Gasteiger charge is 2.30. The summed E-state index contributed by atoms with van der Waals surface area (Å²) in [6.07, 6.45) is 2.18. The van der Waals surface area contributed by atoms with Gasteiger partial charge < -0.3 is 0 Å². The van der Waals surface area contributed by atoms with E-state index in [1.807, 2.05) is 11.4 Å². The third-order valence-electron chi connectivity index (χ3n) is 3.17. The highest BCUT2D eigenvalue weighted by molar-refractivity contribution is 7.89. The molecule has 2 aromatic rings. The Balaban J connectivity index is 1.95. The van der Waals surface area contributed by atoms with Crippen molar-refractivity contribution in [2.45, 2.75) is 24.8 Å². The van der Waals surface area contributed by atoms with E-state index in [1.165, 1.54) is 15.4 Å². The van der Waals surface area contributed by atoms with Crippen molar-refractivity contribution in [2.75, 3.05) is 6.54 Å². The molecule has 3 heterocycles. The van der Waals surface area contributed by atoms with E-state index < -0.39 is 10.0 Å². The summed E-state index contributed by atoms with van der Waals surface area (Å²) in [5, 5.41) is 8.48. The number of sulfonamides is 1. The lowest BCUT2D eigenvalue weighted by Gasteiger charge is -2.25. The molecule has 0 amide bonds. The summed E-state index contributed by atoms with van der Waals surface area (Å²) >= 11 is 1.70. The van der Waals surface area contributed by atoms with Crippen LogP contribution in [0.3, 0.4) is 0 Å². The second kappa shape index (κ2) is 4.18. The van der Waals surface area contributed by atoms with E-state index >= 15 is 0 Å². The Morgan fingerprint density at radius 1 is 1.50 bits per heavy atom. The zero-order valence-corrected chi connectivity index (χ0v) is 11.5. The summed E-state index contributed by atoms with van der Waals surface area (Å²) in [5.74, 6) is 0. The van der Waals surface area contributed by atoms with E-state index in [1.54, 1.807) is 18.3 Å². The van der Waals surface area contributed by atoms with E-state index in [-0.39, 0.29) is 4.90 Å². The zero-order valence-electron chi connectivity index (χ0n) is 9.88. The second-order valence-corrected chi connectivity index (χ2v) is 7.22. The predicted octanol–water partition coefficient (Wildman–Crippen LogP) is 1.53. The molecule has 1 aliphatic heterocycles. The smallest absolute Gasteiger partial charge is 0.246 e. The third kappa shape index (κ3) is 1.79. The number of fused-ring (bicyclic) bond motifs is 1. The number of aromatic nitrogens is 2. The molecule has 3 rings (SSSR count). The van der Waals surface area contributed by atoms with E-state index in [4.69, 9.17) is 0 Å². The van der Waals surface area contributed by atoms with Gasteiger partial charge in [-0.05, 0) is 30.4 Å². The number of nitrogens with zero attached hydrogens (tertiary/aromatic N) is 2. The molecule has 5 nitrogen and oxygen atoms in total. The number of hydrogen-bond acceptors (Lipinski definition) is 4. The van der Waals surface area contributed by atoms with Crippen LogP contribution in [0.1, 0.15) is 16.1 Å². The van der Waals surface area contributed by atoms with Crippen LogP contribution >= 0.6 is 11.3 Å². The van der Waals surface area contributed by atoms with Crippen molar-refractivity contribution >= 4 is 21.4 Å². The lowest BCUT2D eigenvalue weighted by atomic mass is 10.1.